The van der Waals surface area contributed by atoms with E-state index in [2.05, 4.69) is 36.4 Å². The van der Waals surface area contributed by atoms with Gasteiger partial charge in [0.1, 0.15) is 17.3 Å². The number of nitrogens with zero attached hydrogens (tertiary/aromatic N) is 1. The quantitative estimate of drug-likeness (QED) is 0.877. The molecule has 0 spiro atoms. The molecule has 0 aliphatic heterocycles. The van der Waals surface area contributed by atoms with E-state index in [9.17, 15) is 0 Å². The highest BCUT2D eigenvalue weighted by Crippen LogP contribution is 2.26. The number of hydrogen-bond donors (Lipinski definition) is 1. The molecule has 0 saturated carbocycles. The van der Waals surface area contributed by atoms with Crippen molar-refractivity contribution in [3.8, 4) is 5.75 Å². The van der Waals surface area contributed by atoms with Crippen molar-refractivity contribution in [2.75, 3.05) is 26.5 Å². The van der Waals surface area contributed by atoms with E-state index in [1.807, 2.05) is 25.1 Å². The Balaban J connectivity index is 2.11. The number of aryl methyl sites for hydroxylation is 1. The molecule has 0 bridgehead atoms. The lowest BCUT2D eigenvalue weighted by molar-refractivity contribution is 0.400. The van der Waals surface area contributed by atoms with E-state index in [-0.39, 0.29) is 0 Å². The van der Waals surface area contributed by atoms with Crippen molar-refractivity contribution in [1.29, 1.82) is 0 Å². The second-order valence-corrected chi connectivity index (χ2v) is 5.14. The molecule has 0 amide bonds. The summed E-state index contributed by atoms with van der Waals surface area (Å²) in [7, 11) is 5.80. The molecule has 1 heterocycles. The van der Waals surface area contributed by atoms with Gasteiger partial charge in [-0.3, -0.25) is 0 Å². The van der Waals surface area contributed by atoms with Gasteiger partial charge in [0.2, 0.25) is 0 Å². The van der Waals surface area contributed by atoms with E-state index in [1.165, 1.54) is 5.56 Å². The van der Waals surface area contributed by atoms with Crippen molar-refractivity contribution < 1.29 is 9.15 Å². The summed E-state index contributed by atoms with van der Waals surface area (Å²) in [5.41, 5.74) is 2.23. The Morgan fingerprint density at radius 1 is 1.20 bits per heavy atom. The molecule has 4 heteroatoms. The van der Waals surface area contributed by atoms with Crippen LogP contribution in [0, 0.1) is 6.92 Å². The number of hydrogen-bond acceptors (Lipinski definition) is 4. The standard InChI is InChI=1S/C16H22N2O2/c1-12-5-7-14(20-12)10-17-15-9-13(11-18(2)3)6-8-16(15)19-4/h5-9,17H,10-11H2,1-4H3. The molecule has 4 nitrogen and oxygen atoms in total. The van der Waals surface area contributed by atoms with Crippen molar-refractivity contribution in [1.82, 2.24) is 4.90 Å². The molecule has 0 aliphatic rings. The lowest BCUT2D eigenvalue weighted by atomic mass is 10.1. The minimum absolute atomic E-state index is 0.648. The van der Waals surface area contributed by atoms with Crippen LogP contribution in [0.4, 0.5) is 5.69 Å². The van der Waals surface area contributed by atoms with E-state index >= 15 is 0 Å². The van der Waals surface area contributed by atoms with E-state index in [0.717, 1.165) is 29.5 Å². The molecule has 20 heavy (non-hydrogen) atoms. The molecule has 2 aromatic rings. The van der Waals surface area contributed by atoms with Gasteiger partial charge in [-0.2, -0.15) is 0 Å². The van der Waals surface area contributed by atoms with Crippen LogP contribution in [0.25, 0.3) is 0 Å². The average Bonchev–Trinajstić information content (AvgIpc) is 2.82. The van der Waals surface area contributed by atoms with Gasteiger partial charge in [-0.05, 0) is 50.8 Å². The van der Waals surface area contributed by atoms with Crippen molar-refractivity contribution >= 4 is 5.69 Å². The lowest BCUT2D eigenvalue weighted by Gasteiger charge is -2.14. The molecule has 108 valence electrons. The van der Waals surface area contributed by atoms with Gasteiger partial charge in [0, 0.05) is 6.54 Å². The SMILES string of the molecule is COc1ccc(CN(C)C)cc1NCc1ccc(C)o1. The van der Waals surface area contributed by atoms with E-state index < -0.39 is 0 Å². The van der Waals surface area contributed by atoms with Gasteiger partial charge in [0.05, 0.1) is 19.3 Å². The predicted octanol–water partition coefficient (Wildman–Crippen LogP) is 3.27. The molecular formula is C16H22N2O2. The first-order valence-corrected chi connectivity index (χ1v) is 6.69. The zero-order chi connectivity index (χ0) is 14.5. The molecule has 1 aromatic carbocycles. The van der Waals surface area contributed by atoms with Gasteiger partial charge in [-0.25, -0.2) is 0 Å². The fraction of sp³-hybridized carbons (Fsp3) is 0.375. The molecule has 0 saturated heterocycles. The van der Waals surface area contributed by atoms with Crippen LogP contribution < -0.4 is 10.1 Å². The highest BCUT2D eigenvalue weighted by Gasteiger charge is 2.06. The second-order valence-electron chi connectivity index (χ2n) is 5.14. The van der Waals surface area contributed by atoms with E-state index in [4.69, 9.17) is 9.15 Å². The van der Waals surface area contributed by atoms with Crippen LogP contribution >= 0.6 is 0 Å². The molecular weight excluding hydrogens is 252 g/mol. The lowest BCUT2D eigenvalue weighted by Crippen LogP contribution is -2.11. The summed E-state index contributed by atoms with van der Waals surface area (Å²) in [5, 5.41) is 3.37. The van der Waals surface area contributed by atoms with Gasteiger partial charge in [0.25, 0.3) is 0 Å². The summed E-state index contributed by atoms with van der Waals surface area (Å²) < 4.78 is 11.0. The zero-order valence-electron chi connectivity index (χ0n) is 12.6. The summed E-state index contributed by atoms with van der Waals surface area (Å²) in [4.78, 5) is 2.14. The van der Waals surface area contributed by atoms with Crippen molar-refractivity contribution in [3.05, 3.63) is 47.4 Å². The highest BCUT2D eigenvalue weighted by molar-refractivity contribution is 5.58. The highest BCUT2D eigenvalue weighted by atomic mass is 16.5. The van der Waals surface area contributed by atoms with E-state index in [1.54, 1.807) is 7.11 Å². The molecule has 0 fully saturated rings. The Morgan fingerprint density at radius 2 is 2.00 bits per heavy atom. The molecule has 0 radical (unpaired) electrons. The summed E-state index contributed by atoms with van der Waals surface area (Å²) in [6.07, 6.45) is 0. The normalized spacial score (nSPS) is 10.8. The first kappa shape index (κ1) is 14.5. The number of benzene rings is 1. The summed E-state index contributed by atoms with van der Waals surface area (Å²) >= 11 is 0. The topological polar surface area (TPSA) is 37.6 Å². The van der Waals surface area contributed by atoms with Gasteiger partial charge >= 0.3 is 0 Å². The summed E-state index contributed by atoms with van der Waals surface area (Å²) in [6.45, 7) is 3.50. The summed E-state index contributed by atoms with van der Waals surface area (Å²) in [5.74, 6) is 2.69. The predicted molar refractivity (Wildman–Crippen MR) is 81.2 cm³/mol. The molecule has 0 atom stereocenters. The third kappa shape index (κ3) is 3.78. The van der Waals surface area contributed by atoms with Crippen molar-refractivity contribution in [2.24, 2.45) is 0 Å². The van der Waals surface area contributed by atoms with Gasteiger partial charge in [0.15, 0.2) is 0 Å². The largest absolute Gasteiger partial charge is 0.495 e. The molecule has 0 aliphatic carbocycles. The van der Waals surface area contributed by atoms with Crippen molar-refractivity contribution in [2.45, 2.75) is 20.0 Å². The first-order valence-electron chi connectivity index (χ1n) is 6.69. The fourth-order valence-corrected chi connectivity index (χ4v) is 2.12. The van der Waals surface area contributed by atoms with Crippen LogP contribution in [0.3, 0.4) is 0 Å². The maximum absolute atomic E-state index is 5.56. The second kappa shape index (κ2) is 6.48. The van der Waals surface area contributed by atoms with Crippen LogP contribution in [0.15, 0.2) is 34.7 Å². The van der Waals surface area contributed by atoms with Gasteiger partial charge < -0.3 is 19.4 Å². The minimum Gasteiger partial charge on any atom is -0.495 e. The Labute approximate surface area is 120 Å². The number of methoxy groups -OCH3 is 1. The van der Waals surface area contributed by atoms with E-state index in [0.29, 0.717) is 6.54 Å². The van der Waals surface area contributed by atoms with Crippen LogP contribution in [0.2, 0.25) is 0 Å². The Kier molecular flexibility index (Phi) is 4.69. The fourth-order valence-electron chi connectivity index (χ4n) is 2.12. The van der Waals surface area contributed by atoms with Crippen LogP contribution in [-0.2, 0) is 13.1 Å². The number of ether oxygens (including phenoxy) is 1. The van der Waals surface area contributed by atoms with Gasteiger partial charge in [-0.1, -0.05) is 6.07 Å². The summed E-state index contributed by atoms with van der Waals surface area (Å²) in [6, 6.07) is 10.2. The zero-order valence-corrected chi connectivity index (χ0v) is 12.6. The Bertz CT molecular complexity index is 561. The number of anilines is 1. The first-order chi connectivity index (χ1) is 9.58. The minimum atomic E-state index is 0.648. The maximum Gasteiger partial charge on any atom is 0.141 e. The van der Waals surface area contributed by atoms with Gasteiger partial charge in [-0.15, -0.1) is 0 Å². The number of rotatable bonds is 6. The third-order valence-corrected chi connectivity index (χ3v) is 3.01. The molecule has 0 unspecified atom stereocenters. The number of furan rings is 1. The van der Waals surface area contributed by atoms with Crippen LogP contribution in [-0.4, -0.2) is 26.1 Å². The van der Waals surface area contributed by atoms with Crippen LogP contribution in [0.1, 0.15) is 17.1 Å². The number of nitrogens with one attached hydrogen (secondary N) is 1. The molecule has 2 rings (SSSR count). The smallest absolute Gasteiger partial charge is 0.141 e. The van der Waals surface area contributed by atoms with Crippen molar-refractivity contribution in [3.63, 3.8) is 0 Å². The molecule has 1 aromatic heterocycles. The average molecular weight is 274 g/mol. The third-order valence-electron chi connectivity index (χ3n) is 3.01. The molecule has 1 N–H and O–H groups in total. The maximum atomic E-state index is 5.56. The Hall–Kier alpha value is -1.94. The monoisotopic (exact) mass is 274 g/mol. The Morgan fingerprint density at radius 3 is 2.60 bits per heavy atom. The van der Waals surface area contributed by atoms with Crippen LogP contribution in [0.5, 0.6) is 5.75 Å².